The molecule has 0 bridgehead atoms. The van der Waals surface area contributed by atoms with E-state index in [1.807, 2.05) is 0 Å². The topological polar surface area (TPSA) is 46.2 Å². The van der Waals surface area contributed by atoms with E-state index in [1.54, 1.807) is 4.72 Å². The van der Waals surface area contributed by atoms with Gasteiger partial charge in [-0.15, -0.1) is 0 Å². The molecule has 0 amide bonds. The Balaban J connectivity index is 2.93. The number of hydrogen-bond donors (Lipinski definition) is 1. The zero-order valence-corrected chi connectivity index (χ0v) is 12.0. The van der Waals surface area contributed by atoms with E-state index in [0.717, 1.165) is 19.1 Å². The fraction of sp³-hybridized carbons (Fsp3) is 0.400. The van der Waals surface area contributed by atoms with Crippen LogP contribution in [0.2, 0.25) is 0 Å². The van der Waals surface area contributed by atoms with Crippen LogP contribution in [0.4, 0.5) is 17.6 Å². The van der Waals surface area contributed by atoms with Gasteiger partial charge in [-0.25, -0.2) is 17.5 Å². The molecule has 1 rings (SSSR count). The molecular formula is C10H10BrF4NO2S. The van der Waals surface area contributed by atoms with Crippen molar-refractivity contribution in [2.75, 3.05) is 0 Å². The fourth-order valence-corrected chi connectivity index (χ4v) is 3.05. The quantitative estimate of drug-likeness (QED) is 0.835. The van der Waals surface area contributed by atoms with Crippen molar-refractivity contribution in [1.82, 2.24) is 4.72 Å². The van der Waals surface area contributed by atoms with Crippen LogP contribution in [0.25, 0.3) is 0 Å². The average molecular weight is 364 g/mol. The number of alkyl halides is 3. The minimum Gasteiger partial charge on any atom is -0.208 e. The van der Waals surface area contributed by atoms with Gasteiger partial charge in [-0.1, -0.05) is 15.9 Å². The Morgan fingerprint density at radius 1 is 1.37 bits per heavy atom. The summed E-state index contributed by atoms with van der Waals surface area (Å²) in [5.74, 6) is -1.04. The van der Waals surface area contributed by atoms with Gasteiger partial charge < -0.3 is 0 Å². The molecule has 1 unspecified atom stereocenters. The summed E-state index contributed by atoms with van der Waals surface area (Å²) in [7, 11) is -4.33. The number of rotatable bonds is 4. The maximum Gasteiger partial charge on any atom is 0.390 e. The van der Waals surface area contributed by atoms with Crippen LogP contribution >= 0.6 is 15.9 Å². The van der Waals surface area contributed by atoms with Gasteiger partial charge in [0.05, 0.1) is 6.42 Å². The molecule has 1 N–H and O–H groups in total. The second-order valence-corrected chi connectivity index (χ2v) is 6.51. The first-order chi connectivity index (χ1) is 8.51. The van der Waals surface area contributed by atoms with Gasteiger partial charge in [0.25, 0.3) is 0 Å². The molecule has 108 valence electrons. The third-order valence-electron chi connectivity index (χ3n) is 2.08. The SMILES string of the molecule is CC(CC(F)(F)F)NS(=O)(=O)c1ccc(Br)cc1F. The highest BCUT2D eigenvalue weighted by Gasteiger charge is 2.32. The minimum absolute atomic E-state index is 0.326. The van der Waals surface area contributed by atoms with E-state index >= 15 is 0 Å². The van der Waals surface area contributed by atoms with Crippen LogP contribution in [0.15, 0.2) is 27.6 Å². The van der Waals surface area contributed by atoms with E-state index in [-0.39, 0.29) is 0 Å². The third kappa shape index (κ3) is 5.07. The smallest absolute Gasteiger partial charge is 0.208 e. The van der Waals surface area contributed by atoms with Crippen molar-refractivity contribution in [1.29, 1.82) is 0 Å². The lowest BCUT2D eigenvalue weighted by Gasteiger charge is -2.16. The first kappa shape index (κ1) is 16.4. The molecule has 1 aromatic rings. The third-order valence-corrected chi connectivity index (χ3v) is 4.19. The van der Waals surface area contributed by atoms with Crippen molar-refractivity contribution in [2.24, 2.45) is 0 Å². The van der Waals surface area contributed by atoms with Crippen molar-refractivity contribution in [2.45, 2.75) is 30.5 Å². The lowest BCUT2D eigenvalue weighted by molar-refractivity contribution is -0.137. The Labute approximate surface area is 116 Å². The van der Waals surface area contributed by atoms with E-state index in [9.17, 15) is 26.0 Å². The van der Waals surface area contributed by atoms with E-state index < -0.39 is 39.4 Å². The lowest BCUT2D eigenvalue weighted by atomic mass is 10.2. The molecule has 9 heteroatoms. The minimum atomic E-state index is -4.50. The molecule has 0 fully saturated rings. The van der Waals surface area contributed by atoms with Gasteiger partial charge in [0.1, 0.15) is 10.7 Å². The molecule has 0 radical (unpaired) electrons. The lowest BCUT2D eigenvalue weighted by Crippen LogP contribution is -2.36. The van der Waals surface area contributed by atoms with Gasteiger partial charge in [-0.3, -0.25) is 0 Å². The summed E-state index contributed by atoms with van der Waals surface area (Å²) >= 11 is 2.95. The maximum absolute atomic E-state index is 13.5. The summed E-state index contributed by atoms with van der Waals surface area (Å²) < 4.78 is 75.3. The van der Waals surface area contributed by atoms with Crippen molar-refractivity contribution >= 4 is 26.0 Å². The van der Waals surface area contributed by atoms with Crippen LogP contribution in [0.3, 0.4) is 0 Å². The highest BCUT2D eigenvalue weighted by Crippen LogP contribution is 2.23. The summed E-state index contributed by atoms with van der Waals surface area (Å²) in [6.07, 6.45) is -5.83. The monoisotopic (exact) mass is 363 g/mol. The molecule has 0 aliphatic rings. The van der Waals surface area contributed by atoms with Crippen molar-refractivity contribution in [3.05, 3.63) is 28.5 Å². The molecular weight excluding hydrogens is 354 g/mol. The van der Waals surface area contributed by atoms with E-state index in [0.29, 0.717) is 4.47 Å². The standard InChI is InChI=1S/C10H10BrF4NO2S/c1-6(5-10(13,14)15)16-19(17,18)9-3-2-7(11)4-8(9)12/h2-4,6,16H,5H2,1H3. The Kier molecular flexibility index (Phi) is 4.97. The number of benzene rings is 1. The largest absolute Gasteiger partial charge is 0.390 e. The molecule has 19 heavy (non-hydrogen) atoms. The summed E-state index contributed by atoms with van der Waals surface area (Å²) in [6.45, 7) is 1.06. The fourth-order valence-electron chi connectivity index (χ4n) is 1.41. The second kappa shape index (κ2) is 5.76. The van der Waals surface area contributed by atoms with Gasteiger partial charge in [0, 0.05) is 10.5 Å². The van der Waals surface area contributed by atoms with E-state index in [4.69, 9.17) is 0 Å². The highest BCUT2D eigenvalue weighted by molar-refractivity contribution is 9.10. The molecule has 0 heterocycles. The molecule has 0 aliphatic heterocycles. The summed E-state index contributed by atoms with van der Waals surface area (Å²) in [5.41, 5.74) is 0. The first-order valence-electron chi connectivity index (χ1n) is 5.05. The van der Waals surface area contributed by atoms with Crippen LogP contribution < -0.4 is 4.72 Å². The summed E-state index contributed by atoms with van der Waals surface area (Å²) in [4.78, 5) is -0.690. The Bertz CT molecular complexity index is 559. The van der Waals surface area contributed by atoms with Crippen molar-refractivity contribution in [3.8, 4) is 0 Å². The van der Waals surface area contributed by atoms with Crippen LogP contribution in [-0.4, -0.2) is 20.6 Å². The van der Waals surface area contributed by atoms with Crippen LogP contribution in [0.5, 0.6) is 0 Å². The molecule has 1 atom stereocenters. The van der Waals surface area contributed by atoms with Gasteiger partial charge in [0.2, 0.25) is 10.0 Å². The van der Waals surface area contributed by atoms with Crippen LogP contribution in [0.1, 0.15) is 13.3 Å². The second-order valence-electron chi connectivity index (χ2n) is 3.92. The molecule has 0 saturated carbocycles. The first-order valence-corrected chi connectivity index (χ1v) is 7.33. The molecule has 0 spiro atoms. The van der Waals surface area contributed by atoms with Gasteiger partial charge in [-0.2, -0.15) is 13.2 Å². The normalized spacial score (nSPS) is 14.4. The van der Waals surface area contributed by atoms with Crippen LogP contribution in [-0.2, 0) is 10.0 Å². The molecule has 0 aliphatic carbocycles. The van der Waals surface area contributed by atoms with Crippen molar-refractivity contribution in [3.63, 3.8) is 0 Å². The maximum atomic E-state index is 13.5. The molecule has 0 aromatic heterocycles. The van der Waals surface area contributed by atoms with Crippen molar-refractivity contribution < 1.29 is 26.0 Å². The van der Waals surface area contributed by atoms with E-state index in [1.165, 1.54) is 6.07 Å². The number of hydrogen-bond acceptors (Lipinski definition) is 2. The van der Waals surface area contributed by atoms with E-state index in [2.05, 4.69) is 15.9 Å². The zero-order valence-electron chi connectivity index (χ0n) is 9.63. The summed E-state index contributed by atoms with van der Waals surface area (Å²) in [6, 6.07) is 1.80. The highest BCUT2D eigenvalue weighted by atomic mass is 79.9. The Hall–Kier alpha value is -0.670. The number of sulfonamides is 1. The van der Waals surface area contributed by atoms with Gasteiger partial charge >= 0.3 is 6.18 Å². The average Bonchev–Trinajstić information content (AvgIpc) is 2.11. The molecule has 1 aromatic carbocycles. The molecule has 3 nitrogen and oxygen atoms in total. The summed E-state index contributed by atoms with van der Waals surface area (Å²) in [5, 5.41) is 0. The van der Waals surface area contributed by atoms with Crippen LogP contribution in [0, 0.1) is 5.82 Å². The predicted octanol–water partition coefficient (Wildman–Crippen LogP) is 3.21. The predicted molar refractivity (Wildman–Crippen MR) is 64.6 cm³/mol. The van der Waals surface area contributed by atoms with Gasteiger partial charge in [-0.05, 0) is 25.1 Å². The zero-order chi connectivity index (χ0) is 14.8. The Morgan fingerprint density at radius 3 is 2.42 bits per heavy atom. The Morgan fingerprint density at radius 2 is 1.95 bits per heavy atom. The number of nitrogens with one attached hydrogen (secondary N) is 1. The molecule has 0 saturated heterocycles. The van der Waals surface area contributed by atoms with Gasteiger partial charge in [0.15, 0.2) is 0 Å². The number of halogens is 5.